The lowest BCUT2D eigenvalue weighted by molar-refractivity contribution is -0.129. The Labute approximate surface area is 112 Å². The quantitative estimate of drug-likeness (QED) is 0.703. The molecule has 1 aliphatic heterocycles. The molecule has 0 aromatic heterocycles. The Kier molecular flexibility index (Phi) is 2.53. The highest BCUT2D eigenvalue weighted by atomic mass is 35.5. The third-order valence-corrected chi connectivity index (χ3v) is 4.65. The van der Waals surface area contributed by atoms with Gasteiger partial charge in [-0.1, -0.05) is 23.7 Å². The molecule has 0 fully saturated rings. The molecule has 0 saturated heterocycles. The first kappa shape index (κ1) is 11.8. The van der Waals surface area contributed by atoms with E-state index < -0.39 is 0 Å². The Morgan fingerprint density at radius 3 is 3.00 bits per heavy atom. The van der Waals surface area contributed by atoms with E-state index in [1.807, 2.05) is 18.0 Å². The van der Waals surface area contributed by atoms with Crippen LogP contribution in [0.5, 0.6) is 0 Å². The molecule has 0 spiro atoms. The summed E-state index contributed by atoms with van der Waals surface area (Å²) in [6.45, 7) is 2.21. The first-order valence-electron chi connectivity index (χ1n) is 6.27. The predicted molar refractivity (Wildman–Crippen MR) is 72.8 cm³/mol. The van der Waals surface area contributed by atoms with Gasteiger partial charge in [0.15, 0.2) is 0 Å². The smallest absolute Gasteiger partial charge is 0.246 e. The van der Waals surface area contributed by atoms with Crippen molar-refractivity contribution < 1.29 is 4.79 Å². The zero-order chi connectivity index (χ0) is 12.9. The van der Waals surface area contributed by atoms with Crippen LogP contribution >= 0.6 is 11.6 Å². The second kappa shape index (κ2) is 3.86. The Morgan fingerprint density at radius 1 is 1.44 bits per heavy atom. The Hall–Kier alpha value is -1.28. The van der Waals surface area contributed by atoms with Gasteiger partial charge in [-0.2, -0.15) is 0 Å². The van der Waals surface area contributed by atoms with Crippen LogP contribution in [-0.4, -0.2) is 23.9 Å². The Balaban J connectivity index is 2.17. The van der Waals surface area contributed by atoms with Crippen LogP contribution in [0.3, 0.4) is 0 Å². The third-order valence-electron chi connectivity index (χ3n) is 4.41. The molecule has 2 atom stereocenters. The van der Waals surface area contributed by atoms with Crippen LogP contribution in [0.25, 0.3) is 0 Å². The summed E-state index contributed by atoms with van der Waals surface area (Å²) >= 11 is 6.07. The van der Waals surface area contributed by atoms with Gasteiger partial charge in [0.2, 0.25) is 5.91 Å². The molecule has 3 rings (SSSR count). The first-order valence-corrected chi connectivity index (χ1v) is 6.65. The van der Waals surface area contributed by atoms with Crippen molar-refractivity contribution in [2.45, 2.75) is 31.2 Å². The first-order chi connectivity index (χ1) is 8.52. The predicted octanol–water partition coefficient (Wildman–Crippen LogP) is 2.94. The molecule has 1 aromatic carbocycles. The maximum absolute atomic E-state index is 11.8. The summed E-state index contributed by atoms with van der Waals surface area (Å²) in [6.07, 6.45) is 5.74. The number of fused-ring (bicyclic) bond motifs is 3. The highest BCUT2D eigenvalue weighted by Gasteiger charge is 2.44. The summed E-state index contributed by atoms with van der Waals surface area (Å²) in [6, 6.07) is 6.36. The van der Waals surface area contributed by atoms with E-state index in [1.54, 1.807) is 6.08 Å². The fourth-order valence-electron chi connectivity index (χ4n) is 3.38. The second-order valence-corrected chi connectivity index (χ2v) is 5.86. The normalized spacial score (nSPS) is 30.1. The van der Waals surface area contributed by atoms with E-state index >= 15 is 0 Å². The van der Waals surface area contributed by atoms with Crippen LogP contribution in [0.1, 0.15) is 24.5 Å². The maximum atomic E-state index is 11.8. The van der Waals surface area contributed by atoms with Gasteiger partial charge in [0.1, 0.15) is 0 Å². The number of rotatable bonds is 0. The summed E-state index contributed by atoms with van der Waals surface area (Å²) in [4.78, 5) is 13.6. The van der Waals surface area contributed by atoms with Crippen LogP contribution in [0.4, 0.5) is 0 Å². The standard InChI is InChI=1S/C15H16ClNO/c1-15-8-7-14(18)17(2)13(15)6-3-10-9-11(16)4-5-12(10)15/h4-5,7-9,13H,3,6H2,1-2H3/t13-,15-/m1/s1. The minimum atomic E-state index is -0.0825. The van der Waals surface area contributed by atoms with Crippen molar-refractivity contribution in [3.05, 3.63) is 46.5 Å². The summed E-state index contributed by atoms with van der Waals surface area (Å²) in [5, 5.41) is 0.792. The van der Waals surface area contributed by atoms with Crippen molar-refractivity contribution >= 4 is 17.5 Å². The number of hydrogen-bond donors (Lipinski definition) is 0. The SMILES string of the molecule is CN1C(=O)C=C[C@]2(C)c3ccc(Cl)cc3CC[C@@H]12. The minimum absolute atomic E-state index is 0.0825. The molecule has 1 heterocycles. The fourth-order valence-corrected chi connectivity index (χ4v) is 3.57. The van der Waals surface area contributed by atoms with Gasteiger partial charge < -0.3 is 4.90 Å². The largest absolute Gasteiger partial charge is 0.338 e. The topological polar surface area (TPSA) is 20.3 Å². The third kappa shape index (κ3) is 1.52. The molecule has 2 nitrogen and oxygen atoms in total. The van der Waals surface area contributed by atoms with Crippen LogP contribution in [0.15, 0.2) is 30.4 Å². The summed E-state index contributed by atoms with van der Waals surface area (Å²) in [5.41, 5.74) is 2.54. The second-order valence-electron chi connectivity index (χ2n) is 5.42. The molecular formula is C15H16ClNO. The lowest BCUT2D eigenvalue weighted by Gasteiger charge is -2.47. The molecule has 1 aromatic rings. The number of hydrogen-bond acceptors (Lipinski definition) is 1. The van der Waals surface area contributed by atoms with E-state index in [2.05, 4.69) is 25.1 Å². The van der Waals surface area contributed by atoms with Crippen LogP contribution in [-0.2, 0) is 16.6 Å². The summed E-state index contributed by atoms with van der Waals surface area (Å²) in [7, 11) is 1.90. The molecule has 0 radical (unpaired) electrons. The monoisotopic (exact) mass is 261 g/mol. The van der Waals surface area contributed by atoms with Crippen molar-refractivity contribution in [2.75, 3.05) is 7.05 Å². The number of nitrogens with zero attached hydrogens (tertiary/aromatic N) is 1. The molecule has 94 valence electrons. The fraction of sp³-hybridized carbons (Fsp3) is 0.400. The molecule has 1 aliphatic carbocycles. The van der Waals surface area contributed by atoms with Gasteiger partial charge in [0.05, 0.1) is 0 Å². The van der Waals surface area contributed by atoms with E-state index in [0.29, 0.717) is 0 Å². The Morgan fingerprint density at radius 2 is 2.22 bits per heavy atom. The van der Waals surface area contributed by atoms with Gasteiger partial charge in [0.25, 0.3) is 0 Å². The summed E-state index contributed by atoms with van der Waals surface area (Å²) < 4.78 is 0. The average molecular weight is 262 g/mol. The zero-order valence-electron chi connectivity index (χ0n) is 10.6. The van der Waals surface area contributed by atoms with Crippen LogP contribution in [0.2, 0.25) is 5.02 Å². The zero-order valence-corrected chi connectivity index (χ0v) is 11.4. The number of amides is 1. The molecule has 0 bridgehead atoms. The van der Waals surface area contributed by atoms with Crippen molar-refractivity contribution in [1.82, 2.24) is 4.90 Å². The Bertz CT molecular complexity index is 551. The van der Waals surface area contributed by atoms with Crippen molar-refractivity contribution in [3.8, 4) is 0 Å². The lowest BCUT2D eigenvalue weighted by Crippen LogP contribution is -2.53. The highest BCUT2D eigenvalue weighted by molar-refractivity contribution is 6.30. The van der Waals surface area contributed by atoms with Crippen molar-refractivity contribution in [2.24, 2.45) is 0 Å². The van der Waals surface area contributed by atoms with Gasteiger partial charge in [-0.25, -0.2) is 0 Å². The van der Waals surface area contributed by atoms with Crippen molar-refractivity contribution in [3.63, 3.8) is 0 Å². The molecule has 18 heavy (non-hydrogen) atoms. The van der Waals surface area contributed by atoms with E-state index in [9.17, 15) is 4.79 Å². The van der Waals surface area contributed by atoms with E-state index in [0.717, 1.165) is 17.9 Å². The number of halogens is 1. The van der Waals surface area contributed by atoms with Crippen LogP contribution < -0.4 is 0 Å². The van der Waals surface area contributed by atoms with Crippen molar-refractivity contribution in [1.29, 1.82) is 0 Å². The molecule has 2 aliphatic rings. The molecule has 0 N–H and O–H groups in total. The molecular weight excluding hydrogens is 246 g/mol. The van der Waals surface area contributed by atoms with Gasteiger partial charge in [-0.3, -0.25) is 4.79 Å². The van der Waals surface area contributed by atoms with Gasteiger partial charge >= 0.3 is 0 Å². The maximum Gasteiger partial charge on any atom is 0.246 e. The van der Waals surface area contributed by atoms with Gasteiger partial charge in [-0.15, -0.1) is 0 Å². The molecule has 3 heteroatoms. The number of carbonyl (C=O) groups excluding carboxylic acids is 1. The average Bonchev–Trinajstić information content (AvgIpc) is 2.34. The number of benzene rings is 1. The van der Waals surface area contributed by atoms with E-state index in [-0.39, 0.29) is 17.4 Å². The summed E-state index contributed by atoms with van der Waals surface area (Å²) in [5.74, 6) is 0.106. The number of aryl methyl sites for hydroxylation is 1. The minimum Gasteiger partial charge on any atom is -0.338 e. The number of likely N-dealkylation sites (N-methyl/N-ethyl adjacent to an activating group) is 1. The highest BCUT2D eigenvalue weighted by Crippen LogP contribution is 2.43. The van der Waals surface area contributed by atoms with Gasteiger partial charge in [0, 0.05) is 29.6 Å². The molecule has 1 amide bonds. The number of carbonyl (C=O) groups is 1. The molecule has 0 saturated carbocycles. The van der Waals surface area contributed by atoms with E-state index in [4.69, 9.17) is 11.6 Å². The lowest BCUT2D eigenvalue weighted by atomic mass is 9.66. The van der Waals surface area contributed by atoms with E-state index in [1.165, 1.54) is 11.1 Å². The van der Waals surface area contributed by atoms with Gasteiger partial charge in [-0.05, 0) is 43.0 Å². The molecule has 0 unspecified atom stereocenters. The van der Waals surface area contributed by atoms with Crippen LogP contribution in [0, 0.1) is 0 Å².